The standard InChI is InChI=1S/C34H34ClN3O4/c1-4-41-34(39)33-25(14-10-20-42-29-15-9-12-23-11-5-6-13-24(23)29)26-16-17-27(35)31-30-22(2)37(3)36-28(30)21-40-19-8-7-18-38(33)32(26)31/h5-9,11-13,15-17H,4,10,14,18-21H2,1-3H3/b8-7-. The third-order valence-electron chi connectivity index (χ3n) is 7.89. The van der Waals surface area contributed by atoms with Crippen LogP contribution >= 0.6 is 11.6 Å². The van der Waals surface area contributed by atoms with E-state index in [4.69, 9.17) is 30.9 Å². The molecule has 0 fully saturated rings. The number of rotatable bonds is 7. The molecule has 0 amide bonds. The first kappa shape index (κ1) is 28.1. The Bertz CT molecular complexity index is 1810. The number of esters is 1. The van der Waals surface area contributed by atoms with Gasteiger partial charge in [0.25, 0.3) is 0 Å². The lowest BCUT2D eigenvalue weighted by Gasteiger charge is -2.13. The molecule has 8 heteroatoms. The van der Waals surface area contributed by atoms with E-state index < -0.39 is 0 Å². The number of carbonyl (C=O) groups is 1. The van der Waals surface area contributed by atoms with Crippen molar-refractivity contribution in [1.29, 1.82) is 0 Å². The lowest BCUT2D eigenvalue weighted by Crippen LogP contribution is -2.14. The molecule has 0 saturated heterocycles. The smallest absolute Gasteiger partial charge is 0.355 e. The maximum atomic E-state index is 13.6. The molecule has 0 spiro atoms. The Kier molecular flexibility index (Phi) is 8.05. The van der Waals surface area contributed by atoms with Crippen molar-refractivity contribution >= 4 is 39.2 Å². The molecule has 0 radical (unpaired) electrons. The second kappa shape index (κ2) is 12.0. The molecule has 1 aliphatic heterocycles. The van der Waals surface area contributed by atoms with Gasteiger partial charge in [-0.2, -0.15) is 5.10 Å². The highest BCUT2D eigenvalue weighted by molar-refractivity contribution is 6.35. The van der Waals surface area contributed by atoms with Crippen LogP contribution in [0.3, 0.4) is 0 Å². The highest BCUT2D eigenvalue weighted by atomic mass is 35.5. The number of aryl methyl sites for hydroxylation is 2. The first-order chi connectivity index (χ1) is 20.5. The number of allylic oxidation sites excluding steroid dienone is 1. The molecule has 0 saturated carbocycles. The molecule has 0 atom stereocenters. The zero-order chi connectivity index (χ0) is 29.2. The summed E-state index contributed by atoms with van der Waals surface area (Å²) in [6.07, 6.45) is 5.35. The Morgan fingerprint density at radius 3 is 2.74 bits per heavy atom. The number of halogens is 1. The molecule has 2 aromatic heterocycles. The van der Waals surface area contributed by atoms with Crippen LogP contribution in [0.2, 0.25) is 5.02 Å². The summed E-state index contributed by atoms with van der Waals surface area (Å²) in [6, 6.07) is 18.2. The molecule has 0 N–H and O–H groups in total. The predicted molar refractivity (Wildman–Crippen MR) is 166 cm³/mol. The largest absolute Gasteiger partial charge is 0.493 e. The lowest BCUT2D eigenvalue weighted by atomic mass is 9.98. The molecule has 3 heterocycles. The van der Waals surface area contributed by atoms with Gasteiger partial charge in [-0.3, -0.25) is 4.68 Å². The summed E-state index contributed by atoms with van der Waals surface area (Å²) < 4.78 is 21.7. The molecule has 216 valence electrons. The molecule has 1 aliphatic rings. The van der Waals surface area contributed by atoms with Crippen LogP contribution in [0.5, 0.6) is 5.75 Å². The SMILES string of the molecule is CCOC(=O)c1c(CCCOc2cccc3ccccc23)c2ccc(Cl)c3c2n1C/C=C\COCc1nn(C)c(C)c1-3. The fourth-order valence-corrected chi connectivity index (χ4v) is 6.17. The Labute approximate surface area is 250 Å². The minimum Gasteiger partial charge on any atom is -0.493 e. The van der Waals surface area contributed by atoms with Crippen molar-refractivity contribution < 1.29 is 19.0 Å². The van der Waals surface area contributed by atoms with Crippen LogP contribution in [0.25, 0.3) is 32.8 Å². The molecular weight excluding hydrogens is 550 g/mol. The summed E-state index contributed by atoms with van der Waals surface area (Å²) in [4.78, 5) is 13.6. The van der Waals surface area contributed by atoms with Gasteiger partial charge in [0.2, 0.25) is 0 Å². The first-order valence-electron chi connectivity index (χ1n) is 14.4. The maximum Gasteiger partial charge on any atom is 0.355 e. The van der Waals surface area contributed by atoms with Crippen molar-refractivity contribution in [2.24, 2.45) is 7.05 Å². The van der Waals surface area contributed by atoms with Crippen molar-refractivity contribution in [3.05, 3.63) is 94.4 Å². The van der Waals surface area contributed by atoms with E-state index >= 15 is 0 Å². The second-order valence-corrected chi connectivity index (χ2v) is 10.8. The quantitative estimate of drug-likeness (QED) is 0.113. The number of aromatic nitrogens is 3. The van der Waals surface area contributed by atoms with E-state index in [-0.39, 0.29) is 12.6 Å². The van der Waals surface area contributed by atoms with E-state index in [9.17, 15) is 4.79 Å². The molecule has 0 bridgehead atoms. The van der Waals surface area contributed by atoms with Crippen LogP contribution in [0.15, 0.2) is 66.7 Å². The van der Waals surface area contributed by atoms with Gasteiger partial charge >= 0.3 is 5.97 Å². The van der Waals surface area contributed by atoms with Gasteiger partial charge in [0, 0.05) is 41.2 Å². The highest BCUT2D eigenvalue weighted by Gasteiger charge is 2.29. The molecule has 3 aromatic carbocycles. The van der Waals surface area contributed by atoms with Crippen LogP contribution in [-0.4, -0.2) is 40.1 Å². The molecule has 7 nitrogen and oxygen atoms in total. The van der Waals surface area contributed by atoms with Crippen LogP contribution in [0.4, 0.5) is 0 Å². The van der Waals surface area contributed by atoms with Gasteiger partial charge in [-0.25, -0.2) is 4.79 Å². The summed E-state index contributed by atoms with van der Waals surface area (Å²) in [5.41, 5.74) is 5.98. The number of nitrogens with zero attached hydrogens (tertiary/aromatic N) is 3. The van der Waals surface area contributed by atoms with Gasteiger partial charge in [0.1, 0.15) is 11.4 Å². The van der Waals surface area contributed by atoms with E-state index in [1.807, 2.05) is 78.7 Å². The van der Waals surface area contributed by atoms with E-state index in [1.54, 1.807) is 0 Å². The normalized spacial score (nSPS) is 14.0. The van der Waals surface area contributed by atoms with Gasteiger partial charge < -0.3 is 18.8 Å². The van der Waals surface area contributed by atoms with Crippen molar-refractivity contribution in [2.45, 2.75) is 39.8 Å². The van der Waals surface area contributed by atoms with Crippen molar-refractivity contribution in [1.82, 2.24) is 14.3 Å². The van der Waals surface area contributed by atoms with Gasteiger partial charge in [0.05, 0.1) is 42.7 Å². The fourth-order valence-electron chi connectivity index (χ4n) is 5.93. The van der Waals surface area contributed by atoms with Gasteiger partial charge in [-0.15, -0.1) is 0 Å². The number of benzene rings is 3. The monoisotopic (exact) mass is 583 g/mol. The minimum atomic E-state index is -0.344. The fraction of sp³-hybridized carbons (Fsp3) is 0.294. The zero-order valence-electron chi connectivity index (χ0n) is 24.2. The van der Waals surface area contributed by atoms with Gasteiger partial charge in [-0.05, 0) is 49.8 Å². The van der Waals surface area contributed by atoms with Gasteiger partial charge in [-0.1, -0.05) is 66.2 Å². The average Bonchev–Trinajstić information content (AvgIpc) is 3.44. The van der Waals surface area contributed by atoms with E-state index in [1.165, 1.54) is 0 Å². The van der Waals surface area contributed by atoms with Crippen LogP contribution < -0.4 is 4.74 Å². The Morgan fingerprint density at radius 2 is 1.88 bits per heavy atom. The molecular formula is C34H34ClN3O4. The third-order valence-corrected chi connectivity index (χ3v) is 8.20. The topological polar surface area (TPSA) is 67.5 Å². The van der Waals surface area contributed by atoms with E-state index in [0.717, 1.165) is 55.5 Å². The van der Waals surface area contributed by atoms with Crippen LogP contribution in [-0.2, 0) is 36.1 Å². The third kappa shape index (κ3) is 5.08. The number of fused-ring (bicyclic) bond motifs is 3. The molecule has 6 rings (SSSR count). The number of ether oxygens (including phenoxy) is 3. The van der Waals surface area contributed by atoms with Crippen molar-refractivity contribution in [3.8, 4) is 16.9 Å². The molecule has 5 aromatic rings. The second-order valence-electron chi connectivity index (χ2n) is 10.4. The van der Waals surface area contributed by atoms with Crippen molar-refractivity contribution in [3.63, 3.8) is 0 Å². The van der Waals surface area contributed by atoms with E-state index in [2.05, 4.69) is 18.2 Å². The molecule has 0 aliphatic carbocycles. The zero-order valence-corrected chi connectivity index (χ0v) is 24.9. The average molecular weight is 584 g/mol. The van der Waals surface area contributed by atoms with E-state index in [0.29, 0.717) is 49.9 Å². The van der Waals surface area contributed by atoms with Crippen LogP contribution in [0, 0.1) is 6.92 Å². The van der Waals surface area contributed by atoms with Crippen molar-refractivity contribution in [2.75, 3.05) is 19.8 Å². The first-order valence-corrected chi connectivity index (χ1v) is 14.7. The number of carbonyl (C=O) groups excluding carboxylic acids is 1. The number of hydrogen-bond acceptors (Lipinski definition) is 5. The van der Waals surface area contributed by atoms with Crippen LogP contribution in [0.1, 0.15) is 40.8 Å². The maximum absolute atomic E-state index is 13.6. The Hall–Kier alpha value is -4.07. The van der Waals surface area contributed by atoms with Gasteiger partial charge in [0.15, 0.2) is 0 Å². The molecule has 42 heavy (non-hydrogen) atoms. The Balaban J connectivity index is 1.46. The summed E-state index contributed by atoms with van der Waals surface area (Å²) in [6.45, 7) is 5.93. The highest BCUT2D eigenvalue weighted by Crippen LogP contribution is 2.42. The summed E-state index contributed by atoms with van der Waals surface area (Å²) in [7, 11) is 1.92. The summed E-state index contributed by atoms with van der Waals surface area (Å²) in [5, 5.41) is 8.56. The predicted octanol–water partition coefficient (Wildman–Crippen LogP) is 7.43. The molecule has 0 unspecified atom stereocenters. The summed E-state index contributed by atoms with van der Waals surface area (Å²) in [5.74, 6) is 0.514. The minimum absolute atomic E-state index is 0.285. The Morgan fingerprint density at radius 1 is 1.05 bits per heavy atom. The lowest BCUT2D eigenvalue weighted by molar-refractivity contribution is 0.0513. The summed E-state index contributed by atoms with van der Waals surface area (Å²) >= 11 is 6.98. The number of hydrogen-bond donors (Lipinski definition) is 0.